The molecule has 3 nitrogen and oxygen atoms in total. The third kappa shape index (κ3) is 1.68. The normalized spacial score (nSPS) is 31.8. The van der Waals surface area contributed by atoms with Crippen LogP contribution in [0.25, 0.3) is 1.43 Å². The van der Waals surface area contributed by atoms with Crippen molar-refractivity contribution in [2.45, 2.75) is 12.8 Å². The van der Waals surface area contributed by atoms with Crippen LogP contribution in [0.4, 0.5) is 0 Å². The van der Waals surface area contributed by atoms with E-state index in [1.807, 2.05) is 0 Å². The topological polar surface area (TPSA) is 53.9 Å². The summed E-state index contributed by atoms with van der Waals surface area (Å²) in [5.74, 6) is -0.806. The van der Waals surface area contributed by atoms with E-state index < -0.39 is 11.3 Å². The fourth-order valence-corrected chi connectivity index (χ4v) is 0.986. The van der Waals surface area contributed by atoms with Gasteiger partial charge in [0.15, 0.2) is 0 Å². The van der Waals surface area contributed by atoms with E-state index in [0.717, 1.165) is 0 Å². The van der Waals surface area contributed by atoms with E-state index in [0.29, 0.717) is 25.9 Å². The maximum atomic E-state index is 10.8. The minimum Gasteiger partial charge on any atom is -0.481 e. The van der Waals surface area contributed by atoms with Gasteiger partial charge in [0.1, 0.15) is 0 Å². The van der Waals surface area contributed by atoms with Crippen molar-refractivity contribution in [3.8, 4) is 0 Å². The summed E-state index contributed by atoms with van der Waals surface area (Å²) in [4.78, 5) is 10.8. The summed E-state index contributed by atoms with van der Waals surface area (Å²) in [5, 5.41) is 3.31. The maximum Gasteiger partial charge on any atom is 0.346 e. The second kappa shape index (κ2) is 2.82. The van der Waals surface area contributed by atoms with Crippen LogP contribution in [0.1, 0.15) is 12.8 Å². The van der Waals surface area contributed by atoms with Gasteiger partial charge in [0.2, 0.25) is 0 Å². The predicted octanol–water partition coefficient (Wildman–Crippen LogP) is -0.956. The van der Waals surface area contributed by atoms with Gasteiger partial charge in [-0.25, -0.2) is 0 Å². The van der Waals surface area contributed by atoms with E-state index in [9.17, 15) is 4.79 Å². The smallest absolute Gasteiger partial charge is 0.346 e. The standard InChI is InChI=1S/C6H11NO2/c8-6(9)5-1-3-7-4-2-5/h5,7H,1-4H2,(H,8,9)/p+1/i/hD3. The van der Waals surface area contributed by atoms with Gasteiger partial charge < -0.3 is 10.4 Å². The van der Waals surface area contributed by atoms with Crippen molar-refractivity contribution in [2.24, 2.45) is 5.92 Å². The van der Waals surface area contributed by atoms with Gasteiger partial charge in [0.05, 0.1) is 19.0 Å². The first kappa shape index (κ1) is 3.56. The van der Waals surface area contributed by atoms with Gasteiger partial charge in [0, 0.05) is 12.8 Å². The predicted molar refractivity (Wildman–Crippen MR) is 32.0 cm³/mol. The van der Waals surface area contributed by atoms with E-state index in [1.54, 1.807) is 0 Å². The third-order valence-corrected chi connectivity index (χ3v) is 1.60. The number of hydrogen-bond donors (Lipinski definition) is 2. The Labute approximate surface area is 58.5 Å². The Morgan fingerprint density at radius 3 is 3.00 bits per heavy atom. The molecule has 3 N–H and O–H groups in total. The largest absolute Gasteiger partial charge is 0.481 e. The third-order valence-electron chi connectivity index (χ3n) is 1.60. The van der Waals surface area contributed by atoms with Crippen LogP contribution in [-0.2, 0) is 4.79 Å². The number of carboxylic acids is 1. The second-order valence-electron chi connectivity index (χ2n) is 2.26. The molecule has 0 radical (unpaired) electrons. The Morgan fingerprint density at radius 2 is 2.44 bits per heavy atom. The highest BCUT2D eigenvalue weighted by Crippen LogP contribution is 2.07. The van der Waals surface area contributed by atoms with Crippen LogP contribution in [0.15, 0.2) is 0 Å². The van der Waals surface area contributed by atoms with Crippen molar-refractivity contribution in [3.63, 3.8) is 0 Å². The first-order valence-electron chi connectivity index (χ1n) is 4.45. The second-order valence-corrected chi connectivity index (χ2v) is 2.26. The molecule has 3 heteroatoms. The van der Waals surface area contributed by atoms with Crippen molar-refractivity contribution in [1.82, 2.24) is 0 Å². The molecule has 0 unspecified atom stereocenters. The summed E-state index contributed by atoms with van der Waals surface area (Å²) in [6.07, 6.45) is 0.954. The lowest BCUT2D eigenvalue weighted by atomic mass is 9.99. The van der Waals surface area contributed by atoms with Gasteiger partial charge in [0.25, 0.3) is 1.43 Å². The first-order chi connectivity index (χ1) is 5.55. The van der Waals surface area contributed by atoms with Crippen molar-refractivity contribution >= 4 is 5.97 Å². The lowest BCUT2D eigenvalue weighted by molar-refractivity contribution is -0.664. The molecule has 0 spiro atoms. The molecule has 1 saturated heterocycles. The lowest BCUT2D eigenvalue weighted by Crippen LogP contribution is -2.86. The molecule has 9 heavy (non-hydrogen) atoms. The molecule has 1 heterocycles. The van der Waals surface area contributed by atoms with Crippen molar-refractivity contribution in [3.05, 3.63) is 0 Å². The molecule has 0 saturated carbocycles. The number of aliphatic carboxylic acids is 1. The SMILES string of the molecule is [2H]OC(=O)C1CC[N+]([2H])([2H])CC1. The molecule has 1 rings (SSSR count). The van der Waals surface area contributed by atoms with Crippen LogP contribution in [-0.4, -0.2) is 24.2 Å². The van der Waals surface area contributed by atoms with Crippen LogP contribution in [0.2, 0.25) is 2.82 Å². The zero-order valence-electron chi connectivity index (χ0n) is 8.17. The molecular weight excluding hydrogens is 118 g/mol. The molecule has 52 valence electrons. The Balaban J connectivity index is 2.41. The fourth-order valence-electron chi connectivity index (χ4n) is 0.986. The number of quaternary nitrogens is 1. The van der Waals surface area contributed by atoms with Crippen molar-refractivity contribution in [2.75, 3.05) is 13.1 Å². The Kier molecular flexibility index (Phi) is 1.12. The first-order valence-corrected chi connectivity index (χ1v) is 3.15. The number of hydrogen-bond acceptors (Lipinski definition) is 2. The van der Waals surface area contributed by atoms with Gasteiger partial charge in [-0.3, -0.25) is 4.79 Å². The highest BCUT2D eigenvalue weighted by atomic mass is 16.4. The summed E-state index contributed by atoms with van der Waals surface area (Å²) >= 11 is 0. The highest BCUT2D eigenvalue weighted by Gasteiger charge is 2.21. The van der Waals surface area contributed by atoms with Gasteiger partial charge in [-0.1, -0.05) is 0 Å². The Bertz CT molecular complexity index is 176. The molecule has 0 aromatic heterocycles. The van der Waals surface area contributed by atoms with Crippen LogP contribution in [0.3, 0.4) is 0 Å². The molecule has 0 aromatic carbocycles. The minimum atomic E-state index is -0.533. The Hall–Kier alpha value is -0.570. The zero-order valence-corrected chi connectivity index (χ0v) is 5.17. The molecular formula is C6H12NO2+. The summed E-state index contributed by atoms with van der Waals surface area (Å²) in [7, 11) is 0. The van der Waals surface area contributed by atoms with E-state index in [-0.39, 0.29) is 5.92 Å². The minimum absolute atomic E-state index is 0.274. The quantitative estimate of drug-likeness (QED) is 0.484. The van der Waals surface area contributed by atoms with Crippen LogP contribution in [0, 0.1) is 5.92 Å². The average Bonchev–Trinajstić information content (AvgIpc) is 2.03. The van der Waals surface area contributed by atoms with Crippen LogP contribution < -0.4 is 5.30 Å². The number of carboxylic acid groups (broad SMARTS) is 1. The molecule has 0 atom stereocenters. The summed E-state index contributed by atoms with van der Waals surface area (Å²) in [6.45, 7) is 0.666. The molecule has 1 fully saturated rings. The molecule has 1 aliphatic rings. The monoisotopic (exact) mass is 133 g/mol. The van der Waals surface area contributed by atoms with Gasteiger partial charge >= 0.3 is 8.79 Å². The van der Waals surface area contributed by atoms with Gasteiger partial charge in [-0.15, -0.1) is 0 Å². The van der Waals surface area contributed by atoms with Crippen molar-refractivity contribution < 1.29 is 18.0 Å². The summed E-state index contributed by atoms with van der Waals surface area (Å²) < 4.78 is 21.0. The average molecular weight is 133 g/mol. The zero-order chi connectivity index (χ0) is 9.19. The Morgan fingerprint density at radius 1 is 1.78 bits per heavy atom. The molecule has 1 aliphatic heterocycles. The fraction of sp³-hybridized carbons (Fsp3) is 0.833. The molecule has 0 aromatic rings. The van der Waals surface area contributed by atoms with E-state index in [1.165, 1.54) is 0 Å². The van der Waals surface area contributed by atoms with E-state index in [4.69, 9.17) is 4.25 Å². The lowest BCUT2D eigenvalue weighted by Gasteiger charge is -2.15. The number of carbonyl (C=O) groups is 1. The summed E-state index contributed by atoms with van der Waals surface area (Å²) in [5.41, 5.74) is 0. The molecule has 0 amide bonds. The number of nitrogens with two attached hydrogens (primary N) is 1. The van der Waals surface area contributed by atoms with E-state index >= 15 is 0 Å². The van der Waals surface area contributed by atoms with Gasteiger partial charge in [-0.05, 0) is 0 Å². The van der Waals surface area contributed by atoms with Crippen LogP contribution in [0.5, 0.6) is 0 Å². The highest BCUT2D eigenvalue weighted by molar-refractivity contribution is 5.69. The molecule has 0 bridgehead atoms. The number of rotatable bonds is 1. The number of piperidine rings is 1. The maximum absolute atomic E-state index is 10.8. The van der Waals surface area contributed by atoms with Crippen LogP contribution >= 0.6 is 0 Å². The summed E-state index contributed by atoms with van der Waals surface area (Å²) in [6, 6.07) is 0. The molecule has 0 aliphatic carbocycles. The van der Waals surface area contributed by atoms with Crippen molar-refractivity contribution in [1.29, 1.82) is 1.43 Å². The van der Waals surface area contributed by atoms with E-state index in [2.05, 4.69) is 5.11 Å². The van der Waals surface area contributed by atoms with Gasteiger partial charge in [-0.2, -0.15) is 0 Å².